The van der Waals surface area contributed by atoms with Crippen LogP contribution >= 0.6 is 11.8 Å². The molecule has 2 aromatic rings. The van der Waals surface area contributed by atoms with Crippen LogP contribution in [0.2, 0.25) is 0 Å². The normalized spacial score (nSPS) is 15.9. The Morgan fingerprint density at radius 3 is 2.68 bits per heavy atom. The van der Waals surface area contributed by atoms with Crippen molar-refractivity contribution in [1.82, 2.24) is 9.88 Å². The lowest BCUT2D eigenvalue weighted by atomic mass is 9.75. The van der Waals surface area contributed by atoms with Gasteiger partial charge in [0.2, 0.25) is 0 Å². The van der Waals surface area contributed by atoms with Crippen LogP contribution in [0.1, 0.15) is 68.2 Å². The summed E-state index contributed by atoms with van der Waals surface area (Å²) in [7, 11) is 0. The molecule has 184 valence electrons. The number of ketones is 1. The Labute approximate surface area is 208 Å². The SMILES string of the molecule is C=C/N=C(/N)c1ccc(-n2cc(C)c3c2CC(C)(C)CC3=O)c(SCCNCC(C)(C)C)c1N. The van der Waals surface area contributed by atoms with Crippen molar-refractivity contribution in [3.8, 4) is 5.69 Å². The van der Waals surface area contributed by atoms with Gasteiger partial charge in [0.25, 0.3) is 0 Å². The summed E-state index contributed by atoms with van der Waals surface area (Å²) in [5.74, 6) is 1.41. The second-order valence-corrected chi connectivity index (χ2v) is 12.2. The van der Waals surface area contributed by atoms with Crippen molar-refractivity contribution in [2.45, 2.75) is 59.3 Å². The number of nitrogens with two attached hydrogens (primary N) is 2. The van der Waals surface area contributed by atoms with Gasteiger partial charge in [0.15, 0.2) is 5.78 Å². The molecule has 5 N–H and O–H groups in total. The van der Waals surface area contributed by atoms with Gasteiger partial charge < -0.3 is 21.4 Å². The zero-order chi connectivity index (χ0) is 25.3. The Kier molecular flexibility index (Phi) is 7.68. The Morgan fingerprint density at radius 1 is 1.32 bits per heavy atom. The van der Waals surface area contributed by atoms with Gasteiger partial charge in [-0.2, -0.15) is 0 Å². The number of aliphatic imine (C=N–C) groups is 1. The van der Waals surface area contributed by atoms with Crippen molar-refractivity contribution < 1.29 is 4.79 Å². The van der Waals surface area contributed by atoms with Gasteiger partial charge in [0, 0.05) is 54.5 Å². The predicted octanol–water partition coefficient (Wildman–Crippen LogP) is 5.10. The molecule has 0 saturated carbocycles. The Bertz CT molecular complexity index is 1120. The summed E-state index contributed by atoms with van der Waals surface area (Å²) < 4.78 is 2.16. The number of Topliss-reactive ketones (excluding diaryl/α,β-unsaturated/α-hetero) is 1. The number of amidine groups is 1. The van der Waals surface area contributed by atoms with Gasteiger partial charge in [-0.1, -0.05) is 41.2 Å². The standard InChI is InChI=1S/C27H39N5OS/c1-8-31-25(29)18-9-10-19(24(23(18)28)34-12-11-30-16-26(3,4)5)32-15-17(2)22-20(32)13-27(6,7)14-21(22)33/h8-10,15,30H,1,11-14,16,28H2,2-7H3,(H2,29,31). The predicted molar refractivity (Wildman–Crippen MR) is 145 cm³/mol. The van der Waals surface area contributed by atoms with Crippen molar-refractivity contribution in [2.24, 2.45) is 21.6 Å². The van der Waals surface area contributed by atoms with Crippen molar-refractivity contribution in [1.29, 1.82) is 0 Å². The van der Waals surface area contributed by atoms with Crippen LogP contribution in [0.15, 0.2) is 41.0 Å². The fourth-order valence-corrected chi connectivity index (χ4v) is 5.53. The minimum absolute atomic E-state index is 0.0800. The first kappa shape index (κ1) is 26.1. The Hall–Kier alpha value is -2.51. The molecular formula is C27H39N5OS. The third-order valence-corrected chi connectivity index (χ3v) is 7.11. The van der Waals surface area contributed by atoms with E-state index in [0.717, 1.165) is 52.7 Å². The van der Waals surface area contributed by atoms with Gasteiger partial charge in [-0.05, 0) is 41.9 Å². The number of nitrogens with zero attached hydrogens (tertiary/aromatic N) is 2. The van der Waals surface area contributed by atoms with Crippen molar-refractivity contribution in [3.05, 3.63) is 53.5 Å². The van der Waals surface area contributed by atoms with Crippen LogP contribution in [-0.4, -0.2) is 35.0 Å². The van der Waals surface area contributed by atoms with E-state index in [9.17, 15) is 4.79 Å². The molecule has 0 atom stereocenters. The van der Waals surface area contributed by atoms with Crippen LogP contribution in [0, 0.1) is 17.8 Å². The zero-order valence-corrected chi connectivity index (χ0v) is 22.2. The molecule has 1 aromatic heterocycles. The smallest absolute Gasteiger partial charge is 0.165 e. The summed E-state index contributed by atoms with van der Waals surface area (Å²) in [5.41, 5.74) is 18.2. The molecule has 0 saturated heterocycles. The van der Waals surface area contributed by atoms with Crippen molar-refractivity contribution >= 4 is 29.1 Å². The Balaban J connectivity index is 2.05. The number of nitrogens with one attached hydrogen (secondary N) is 1. The van der Waals surface area contributed by atoms with Crippen LogP contribution in [-0.2, 0) is 6.42 Å². The first-order valence-corrected chi connectivity index (χ1v) is 12.8. The van der Waals surface area contributed by atoms with E-state index in [4.69, 9.17) is 11.5 Å². The Morgan fingerprint density at radius 2 is 2.03 bits per heavy atom. The molecule has 0 fully saturated rings. The minimum atomic E-state index is -0.0800. The average molecular weight is 482 g/mol. The monoisotopic (exact) mass is 481 g/mol. The third kappa shape index (κ3) is 5.76. The van der Waals surface area contributed by atoms with Gasteiger partial charge in [-0.25, -0.2) is 4.99 Å². The lowest BCUT2D eigenvalue weighted by molar-refractivity contribution is 0.0910. The molecule has 0 radical (unpaired) electrons. The van der Waals surface area contributed by atoms with Crippen LogP contribution < -0.4 is 16.8 Å². The molecule has 0 spiro atoms. The summed E-state index contributed by atoms with van der Waals surface area (Å²) in [4.78, 5) is 18.1. The van der Waals surface area contributed by atoms with E-state index >= 15 is 0 Å². The van der Waals surface area contributed by atoms with E-state index in [-0.39, 0.29) is 16.6 Å². The molecule has 1 aliphatic rings. The second kappa shape index (κ2) is 10.0. The first-order valence-electron chi connectivity index (χ1n) is 11.8. The largest absolute Gasteiger partial charge is 0.397 e. The zero-order valence-electron chi connectivity index (χ0n) is 21.4. The third-order valence-electron chi connectivity index (χ3n) is 5.98. The topological polar surface area (TPSA) is 98.4 Å². The van der Waals surface area contributed by atoms with Gasteiger partial charge in [0.05, 0.1) is 16.3 Å². The molecule has 0 amide bonds. The number of hydrogen-bond donors (Lipinski definition) is 3. The molecule has 1 aromatic carbocycles. The number of hydrogen-bond acceptors (Lipinski definition) is 5. The fraction of sp³-hybridized carbons (Fsp3) is 0.481. The highest BCUT2D eigenvalue weighted by Gasteiger charge is 2.35. The molecule has 1 aliphatic carbocycles. The molecular weight excluding hydrogens is 442 g/mol. The number of fused-ring (bicyclic) bond motifs is 1. The van der Waals surface area contributed by atoms with Gasteiger partial charge >= 0.3 is 0 Å². The fourth-order valence-electron chi connectivity index (χ4n) is 4.50. The number of thioether (sulfide) groups is 1. The molecule has 1 heterocycles. The van der Waals surface area contributed by atoms with Gasteiger partial charge in [-0.3, -0.25) is 4.79 Å². The average Bonchev–Trinajstić information content (AvgIpc) is 3.02. The summed E-state index contributed by atoms with van der Waals surface area (Å²) in [6.07, 6.45) is 4.90. The quantitative estimate of drug-likeness (QED) is 0.160. The highest BCUT2D eigenvalue weighted by Crippen LogP contribution is 2.41. The van der Waals surface area contributed by atoms with Crippen LogP contribution in [0.3, 0.4) is 0 Å². The van der Waals surface area contributed by atoms with Crippen LogP contribution in [0.5, 0.6) is 0 Å². The van der Waals surface area contributed by atoms with Gasteiger partial charge in [-0.15, -0.1) is 11.8 Å². The highest BCUT2D eigenvalue weighted by molar-refractivity contribution is 7.99. The number of aromatic nitrogens is 1. The number of aryl methyl sites for hydroxylation is 1. The molecule has 0 aliphatic heterocycles. The van der Waals surface area contributed by atoms with Crippen LogP contribution in [0.25, 0.3) is 5.69 Å². The number of benzene rings is 1. The summed E-state index contributed by atoms with van der Waals surface area (Å²) in [6.45, 7) is 18.4. The number of anilines is 1. The maximum Gasteiger partial charge on any atom is 0.165 e. The number of nitrogen functional groups attached to an aromatic ring is 1. The number of carbonyl (C=O) groups is 1. The lowest BCUT2D eigenvalue weighted by Gasteiger charge is -2.30. The number of rotatable bonds is 8. The summed E-state index contributed by atoms with van der Waals surface area (Å²) in [6, 6.07) is 3.94. The summed E-state index contributed by atoms with van der Waals surface area (Å²) in [5, 5.41) is 3.53. The van der Waals surface area contributed by atoms with E-state index in [2.05, 4.69) is 62.3 Å². The molecule has 0 unspecified atom stereocenters. The maximum absolute atomic E-state index is 13.0. The number of carbonyl (C=O) groups excluding carboxylic acids is 1. The molecule has 6 nitrogen and oxygen atoms in total. The molecule has 3 rings (SSSR count). The first-order chi connectivity index (χ1) is 15.8. The molecule has 34 heavy (non-hydrogen) atoms. The van der Waals surface area contributed by atoms with Crippen molar-refractivity contribution in [3.63, 3.8) is 0 Å². The highest BCUT2D eigenvalue weighted by atomic mass is 32.2. The van der Waals surface area contributed by atoms with E-state index < -0.39 is 0 Å². The van der Waals surface area contributed by atoms with E-state index in [1.807, 2.05) is 19.1 Å². The molecule has 0 bridgehead atoms. The summed E-state index contributed by atoms with van der Waals surface area (Å²) >= 11 is 1.70. The van der Waals surface area contributed by atoms with E-state index in [1.165, 1.54) is 6.20 Å². The molecule has 7 heteroatoms. The van der Waals surface area contributed by atoms with E-state index in [0.29, 0.717) is 23.5 Å². The van der Waals surface area contributed by atoms with Gasteiger partial charge in [0.1, 0.15) is 5.84 Å². The van der Waals surface area contributed by atoms with E-state index in [1.54, 1.807) is 11.8 Å². The second-order valence-electron chi connectivity index (χ2n) is 11.1. The maximum atomic E-state index is 13.0. The van der Waals surface area contributed by atoms with Crippen LogP contribution in [0.4, 0.5) is 5.69 Å². The lowest BCUT2D eigenvalue weighted by Crippen LogP contribution is -2.28. The van der Waals surface area contributed by atoms with Crippen molar-refractivity contribution in [2.75, 3.05) is 24.6 Å². The minimum Gasteiger partial charge on any atom is -0.397 e.